The van der Waals surface area contributed by atoms with Crippen molar-refractivity contribution in [3.05, 3.63) is 50.8 Å². The Bertz CT molecular complexity index is 1260. The van der Waals surface area contributed by atoms with Crippen LogP contribution in [-0.2, 0) is 4.74 Å². The fourth-order valence-electron chi connectivity index (χ4n) is 3.00. The molecular formula is C19H12Cl2N2O4S. The molecule has 2 heterocycles. The fourth-order valence-corrected chi connectivity index (χ4v) is 4.74. The van der Waals surface area contributed by atoms with Crippen molar-refractivity contribution in [2.75, 3.05) is 6.61 Å². The van der Waals surface area contributed by atoms with Crippen molar-refractivity contribution in [3.63, 3.8) is 0 Å². The van der Waals surface area contributed by atoms with Gasteiger partial charge in [-0.3, -0.25) is 0 Å². The molecule has 0 saturated heterocycles. The zero-order valence-corrected chi connectivity index (χ0v) is 16.7. The minimum atomic E-state index is -1.15. The van der Waals surface area contributed by atoms with E-state index in [1.54, 1.807) is 25.1 Å². The van der Waals surface area contributed by atoms with Gasteiger partial charge in [-0.1, -0.05) is 29.3 Å². The predicted octanol–water partition coefficient (Wildman–Crippen LogP) is 5.63. The number of hydrogen-bond acceptors (Lipinski definition) is 5. The van der Waals surface area contributed by atoms with E-state index in [-0.39, 0.29) is 17.2 Å². The highest BCUT2D eigenvalue weighted by atomic mass is 35.5. The first-order chi connectivity index (χ1) is 13.4. The van der Waals surface area contributed by atoms with Crippen LogP contribution in [0.3, 0.4) is 0 Å². The number of aromatic carboxylic acids is 1. The van der Waals surface area contributed by atoms with Gasteiger partial charge < -0.3 is 14.8 Å². The molecule has 28 heavy (non-hydrogen) atoms. The number of esters is 1. The van der Waals surface area contributed by atoms with Crippen molar-refractivity contribution in [1.29, 1.82) is 0 Å². The van der Waals surface area contributed by atoms with Gasteiger partial charge in [0, 0.05) is 10.1 Å². The molecule has 0 fully saturated rings. The Kier molecular flexibility index (Phi) is 4.74. The maximum atomic E-state index is 12.5. The molecule has 0 saturated carbocycles. The van der Waals surface area contributed by atoms with Crippen molar-refractivity contribution in [2.24, 2.45) is 0 Å². The summed E-state index contributed by atoms with van der Waals surface area (Å²) >= 11 is 13.9. The van der Waals surface area contributed by atoms with Gasteiger partial charge in [-0.2, -0.15) is 0 Å². The summed E-state index contributed by atoms with van der Waals surface area (Å²) in [6.07, 6.45) is 0. The lowest BCUT2D eigenvalue weighted by atomic mass is 10.1. The number of hydrogen-bond donors (Lipinski definition) is 2. The minimum Gasteiger partial charge on any atom is -0.478 e. The first-order valence-corrected chi connectivity index (χ1v) is 9.79. The van der Waals surface area contributed by atoms with Crippen molar-refractivity contribution in [3.8, 4) is 11.4 Å². The van der Waals surface area contributed by atoms with E-state index in [0.29, 0.717) is 37.7 Å². The molecule has 0 amide bonds. The van der Waals surface area contributed by atoms with E-state index in [1.807, 2.05) is 6.07 Å². The number of rotatable bonds is 4. The van der Waals surface area contributed by atoms with Gasteiger partial charge >= 0.3 is 11.9 Å². The fraction of sp³-hybridized carbons (Fsp3) is 0.105. The summed E-state index contributed by atoms with van der Waals surface area (Å²) in [6.45, 7) is 1.96. The number of carbonyl (C=O) groups excluding carboxylic acids is 1. The van der Waals surface area contributed by atoms with Gasteiger partial charge in [-0.25, -0.2) is 14.6 Å². The summed E-state index contributed by atoms with van der Waals surface area (Å²) in [5.74, 6) is -1.26. The molecule has 2 aromatic carbocycles. The Morgan fingerprint density at radius 3 is 2.75 bits per heavy atom. The molecule has 0 aliphatic carbocycles. The molecule has 2 aromatic heterocycles. The Hall–Kier alpha value is -2.61. The number of imidazole rings is 1. The van der Waals surface area contributed by atoms with Crippen LogP contribution in [0.4, 0.5) is 0 Å². The Morgan fingerprint density at radius 1 is 1.25 bits per heavy atom. The van der Waals surface area contributed by atoms with Gasteiger partial charge in [0.05, 0.1) is 33.3 Å². The molecule has 0 radical (unpaired) electrons. The van der Waals surface area contributed by atoms with Crippen LogP contribution in [0.5, 0.6) is 0 Å². The number of H-pyrrole nitrogens is 1. The summed E-state index contributed by atoms with van der Waals surface area (Å²) in [5, 5.41) is 10.4. The number of nitrogens with one attached hydrogen (secondary N) is 1. The lowest BCUT2D eigenvalue weighted by Gasteiger charge is -2.03. The number of thiophene rings is 1. The van der Waals surface area contributed by atoms with E-state index in [1.165, 1.54) is 17.4 Å². The number of benzene rings is 2. The van der Waals surface area contributed by atoms with Crippen LogP contribution >= 0.6 is 34.5 Å². The number of ether oxygens (including phenoxy) is 1. The van der Waals surface area contributed by atoms with Crippen LogP contribution in [0.1, 0.15) is 27.0 Å². The first kappa shape index (κ1) is 18.7. The maximum absolute atomic E-state index is 12.5. The highest BCUT2D eigenvalue weighted by Gasteiger charge is 2.25. The molecular weight excluding hydrogens is 423 g/mol. The number of carbonyl (C=O) groups is 2. The van der Waals surface area contributed by atoms with Gasteiger partial charge in [-0.05, 0) is 31.2 Å². The van der Waals surface area contributed by atoms with Crippen LogP contribution in [0, 0.1) is 0 Å². The maximum Gasteiger partial charge on any atom is 0.349 e. The lowest BCUT2D eigenvalue weighted by molar-refractivity contribution is 0.0532. The average molecular weight is 435 g/mol. The first-order valence-electron chi connectivity index (χ1n) is 8.22. The number of aromatic amines is 1. The van der Waals surface area contributed by atoms with Crippen LogP contribution in [-0.4, -0.2) is 33.6 Å². The number of halogens is 2. The van der Waals surface area contributed by atoms with Crippen molar-refractivity contribution in [1.82, 2.24) is 9.97 Å². The van der Waals surface area contributed by atoms with Crippen molar-refractivity contribution in [2.45, 2.75) is 6.92 Å². The molecule has 0 aliphatic rings. The van der Waals surface area contributed by atoms with E-state index in [0.717, 1.165) is 4.70 Å². The second-order valence-corrected chi connectivity index (χ2v) is 7.69. The third-order valence-corrected chi connectivity index (χ3v) is 6.02. The van der Waals surface area contributed by atoms with Gasteiger partial charge in [-0.15, -0.1) is 11.3 Å². The Morgan fingerprint density at radius 2 is 2.04 bits per heavy atom. The van der Waals surface area contributed by atoms with E-state index in [2.05, 4.69) is 9.97 Å². The number of carboxylic acid groups (broad SMARTS) is 1. The molecule has 4 aromatic rings. The van der Waals surface area contributed by atoms with E-state index in [4.69, 9.17) is 27.9 Å². The number of aromatic nitrogens is 2. The molecule has 0 aliphatic heterocycles. The highest BCUT2D eigenvalue weighted by molar-refractivity contribution is 7.21. The second-order valence-electron chi connectivity index (χ2n) is 5.85. The van der Waals surface area contributed by atoms with Crippen molar-refractivity contribution < 1.29 is 19.4 Å². The van der Waals surface area contributed by atoms with Gasteiger partial charge in [0.1, 0.15) is 16.2 Å². The van der Waals surface area contributed by atoms with Crippen LogP contribution in [0.2, 0.25) is 10.0 Å². The largest absolute Gasteiger partial charge is 0.478 e. The third-order valence-electron chi connectivity index (χ3n) is 4.19. The van der Waals surface area contributed by atoms with E-state index >= 15 is 0 Å². The van der Waals surface area contributed by atoms with Crippen LogP contribution in [0.15, 0.2) is 30.3 Å². The summed E-state index contributed by atoms with van der Waals surface area (Å²) in [6, 6.07) is 8.37. The van der Waals surface area contributed by atoms with Crippen LogP contribution in [0.25, 0.3) is 32.5 Å². The highest BCUT2D eigenvalue weighted by Crippen LogP contribution is 2.42. The summed E-state index contributed by atoms with van der Waals surface area (Å²) in [4.78, 5) is 31.8. The molecule has 9 heteroatoms. The standard InChI is InChI=1S/C19H12Cl2N2O4S/c1-2-27-19(26)16-13(12-9(20)4-3-5-11(12)28-16)17-22-10-7-6-8(18(24)25)14(21)15(10)23-17/h3-7H,2H2,1H3,(H,22,23)(H,24,25). The number of fused-ring (bicyclic) bond motifs is 2. The molecule has 0 bridgehead atoms. The topological polar surface area (TPSA) is 92.3 Å². The quantitative estimate of drug-likeness (QED) is 0.406. The third kappa shape index (κ3) is 2.92. The lowest BCUT2D eigenvalue weighted by Crippen LogP contribution is -2.04. The zero-order chi connectivity index (χ0) is 20.0. The number of nitrogens with zero attached hydrogens (tertiary/aromatic N) is 1. The summed E-state index contributed by atoms with van der Waals surface area (Å²) in [5.41, 5.74) is 1.31. The average Bonchev–Trinajstić information content (AvgIpc) is 3.24. The van der Waals surface area contributed by atoms with E-state index < -0.39 is 11.9 Å². The molecule has 6 nitrogen and oxygen atoms in total. The predicted molar refractivity (Wildman–Crippen MR) is 110 cm³/mol. The van der Waals surface area contributed by atoms with Crippen molar-refractivity contribution >= 4 is 67.6 Å². The molecule has 0 unspecified atom stereocenters. The Balaban J connectivity index is 2.03. The molecule has 0 atom stereocenters. The molecule has 4 rings (SSSR count). The minimum absolute atomic E-state index is 0.0239. The summed E-state index contributed by atoms with van der Waals surface area (Å²) in [7, 11) is 0. The monoisotopic (exact) mass is 434 g/mol. The molecule has 2 N–H and O–H groups in total. The zero-order valence-electron chi connectivity index (χ0n) is 14.4. The normalized spacial score (nSPS) is 11.2. The SMILES string of the molecule is CCOC(=O)c1sc2cccc(Cl)c2c1-c1nc2c(Cl)c(C(=O)O)ccc2[nH]1. The number of carboxylic acids is 1. The second kappa shape index (κ2) is 7.09. The van der Waals surface area contributed by atoms with E-state index in [9.17, 15) is 14.7 Å². The van der Waals surface area contributed by atoms with Gasteiger partial charge in [0.2, 0.25) is 0 Å². The molecule has 142 valence electrons. The summed E-state index contributed by atoms with van der Waals surface area (Å²) < 4.78 is 6.00. The molecule has 0 spiro atoms. The van der Waals surface area contributed by atoms with Gasteiger partial charge in [0.15, 0.2) is 0 Å². The van der Waals surface area contributed by atoms with Crippen LogP contribution < -0.4 is 0 Å². The Labute approximate surface area is 172 Å². The van der Waals surface area contributed by atoms with Gasteiger partial charge in [0.25, 0.3) is 0 Å². The smallest absolute Gasteiger partial charge is 0.349 e.